The summed E-state index contributed by atoms with van der Waals surface area (Å²) in [5.74, 6) is -0.109. The zero-order valence-corrected chi connectivity index (χ0v) is 14.7. The third kappa shape index (κ3) is 3.09. The van der Waals surface area contributed by atoms with Gasteiger partial charge in [0.25, 0.3) is 5.91 Å². The van der Waals surface area contributed by atoms with Crippen molar-refractivity contribution >= 4 is 5.91 Å². The van der Waals surface area contributed by atoms with Crippen LogP contribution in [0.15, 0.2) is 30.3 Å². The first-order valence-corrected chi connectivity index (χ1v) is 9.36. The summed E-state index contributed by atoms with van der Waals surface area (Å²) in [6, 6.07) is 9.51. The molecule has 132 valence electrons. The molecule has 1 saturated carbocycles. The number of nitrogens with zero attached hydrogens (tertiary/aromatic N) is 1. The molecule has 3 N–H and O–H groups in total. The highest BCUT2D eigenvalue weighted by Crippen LogP contribution is 2.42. The highest BCUT2D eigenvalue weighted by molar-refractivity contribution is 5.87. The van der Waals surface area contributed by atoms with E-state index in [1.165, 1.54) is 0 Å². The Bertz CT molecular complexity index is 560. The number of hydrogen-bond donors (Lipinski definition) is 2. The Labute approximate surface area is 145 Å². The van der Waals surface area contributed by atoms with Crippen LogP contribution in [0, 0.1) is 5.92 Å². The zero-order valence-electron chi connectivity index (χ0n) is 14.7. The molecule has 1 amide bonds. The van der Waals surface area contributed by atoms with Crippen molar-refractivity contribution in [2.24, 2.45) is 11.7 Å². The molecular weight excluding hydrogens is 300 g/mol. The van der Waals surface area contributed by atoms with Crippen molar-refractivity contribution in [2.75, 3.05) is 13.1 Å². The molecule has 0 radical (unpaired) electrons. The molecule has 1 aliphatic carbocycles. The number of benzene rings is 1. The van der Waals surface area contributed by atoms with E-state index in [1.807, 2.05) is 35.2 Å². The van der Waals surface area contributed by atoms with Gasteiger partial charge in [-0.05, 0) is 37.7 Å². The van der Waals surface area contributed by atoms with E-state index in [1.54, 1.807) is 0 Å². The molecule has 1 aromatic carbocycles. The molecule has 1 aromatic rings. The zero-order chi connectivity index (χ0) is 17.2. The summed E-state index contributed by atoms with van der Waals surface area (Å²) in [5.41, 5.74) is 5.55. The van der Waals surface area contributed by atoms with Crippen molar-refractivity contribution in [3.63, 3.8) is 0 Å². The van der Waals surface area contributed by atoms with E-state index in [-0.39, 0.29) is 17.4 Å². The Balaban J connectivity index is 1.85. The lowest BCUT2D eigenvalue weighted by Crippen LogP contribution is -2.57. The van der Waals surface area contributed by atoms with Crippen LogP contribution >= 0.6 is 0 Å². The van der Waals surface area contributed by atoms with Crippen LogP contribution in [0.5, 0.6) is 0 Å². The Morgan fingerprint density at radius 2 is 1.83 bits per heavy atom. The average molecular weight is 330 g/mol. The molecule has 1 aliphatic heterocycles. The number of carbonyl (C=O) groups is 1. The van der Waals surface area contributed by atoms with E-state index < -0.39 is 5.60 Å². The van der Waals surface area contributed by atoms with Crippen LogP contribution in [0.25, 0.3) is 0 Å². The molecule has 3 rings (SSSR count). The first-order valence-electron chi connectivity index (χ1n) is 9.36. The number of hydrogen-bond acceptors (Lipinski definition) is 3. The van der Waals surface area contributed by atoms with Gasteiger partial charge < -0.3 is 15.7 Å². The lowest BCUT2D eigenvalue weighted by molar-refractivity contribution is -0.161. The summed E-state index contributed by atoms with van der Waals surface area (Å²) < 4.78 is 0. The third-order valence-corrected chi connectivity index (χ3v) is 6.24. The van der Waals surface area contributed by atoms with Crippen LogP contribution in [0.2, 0.25) is 0 Å². The van der Waals surface area contributed by atoms with Gasteiger partial charge >= 0.3 is 0 Å². The number of rotatable bonds is 4. The second-order valence-corrected chi connectivity index (χ2v) is 7.62. The van der Waals surface area contributed by atoms with Gasteiger partial charge in [0, 0.05) is 24.5 Å². The van der Waals surface area contributed by atoms with Crippen molar-refractivity contribution in [3.8, 4) is 0 Å². The minimum atomic E-state index is -1.39. The maximum atomic E-state index is 13.3. The Kier molecular flexibility index (Phi) is 4.97. The normalized spacial score (nSPS) is 23.9. The van der Waals surface area contributed by atoms with Crippen LogP contribution in [0.1, 0.15) is 57.4 Å². The molecule has 0 aromatic heterocycles. The smallest absolute Gasteiger partial charge is 0.259 e. The van der Waals surface area contributed by atoms with Gasteiger partial charge in [-0.15, -0.1) is 0 Å². The van der Waals surface area contributed by atoms with E-state index in [0.717, 1.165) is 50.5 Å². The molecule has 1 atom stereocenters. The number of amides is 1. The number of nitrogens with two attached hydrogens (primary N) is 1. The summed E-state index contributed by atoms with van der Waals surface area (Å²) in [6.07, 6.45) is 6.57. The van der Waals surface area contributed by atoms with Crippen molar-refractivity contribution in [1.29, 1.82) is 0 Å². The summed E-state index contributed by atoms with van der Waals surface area (Å²) in [6.45, 7) is 3.40. The molecule has 0 bridgehead atoms. The molecular formula is C20H30N2O2. The molecule has 0 unspecified atom stereocenters. The molecule has 0 spiro atoms. The Morgan fingerprint density at radius 3 is 2.38 bits per heavy atom. The predicted octanol–water partition coefficient (Wildman–Crippen LogP) is 2.79. The Hall–Kier alpha value is -1.39. The second-order valence-electron chi connectivity index (χ2n) is 7.62. The first kappa shape index (κ1) is 17.4. The lowest BCUT2D eigenvalue weighted by Gasteiger charge is -2.43. The third-order valence-electron chi connectivity index (χ3n) is 6.24. The van der Waals surface area contributed by atoms with E-state index in [4.69, 9.17) is 5.73 Å². The SMILES string of the molecule is CCC1(N)CCN(C(=O)[C@](O)(c2ccccc2)C2CCCC2)CC1. The molecule has 2 aliphatic rings. The fourth-order valence-corrected chi connectivity index (χ4v) is 4.32. The molecule has 4 nitrogen and oxygen atoms in total. The summed E-state index contributed by atoms with van der Waals surface area (Å²) in [5, 5.41) is 11.6. The van der Waals surface area contributed by atoms with Crippen molar-refractivity contribution in [1.82, 2.24) is 4.90 Å². The molecule has 1 saturated heterocycles. The van der Waals surface area contributed by atoms with Gasteiger partial charge in [0.1, 0.15) is 0 Å². The maximum Gasteiger partial charge on any atom is 0.259 e. The second kappa shape index (κ2) is 6.85. The van der Waals surface area contributed by atoms with Crippen LogP contribution < -0.4 is 5.73 Å². The summed E-state index contributed by atoms with van der Waals surface area (Å²) >= 11 is 0. The quantitative estimate of drug-likeness (QED) is 0.892. The lowest BCUT2D eigenvalue weighted by atomic mass is 9.78. The first-order chi connectivity index (χ1) is 11.5. The maximum absolute atomic E-state index is 13.3. The predicted molar refractivity (Wildman–Crippen MR) is 95.3 cm³/mol. The average Bonchev–Trinajstić information content (AvgIpc) is 3.17. The van der Waals surface area contributed by atoms with Gasteiger partial charge in [-0.1, -0.05) is 50.1 Å². The minimum Gasteiger partial charge on any atom is -0.375 e. The largest absolute Gasteiger partial charge is 0.375 e. The minimum absolute atomic E-state index is 0.0168. The summed E-state index contributed by atoms with van der Waals surface area (Å²) in [7, 11) is 0. The highest BCUT2D eigenvalue weighted by atomic mass is 16.3. The van der Waals surface area contributed by atoms with Gasteiger partial charge in [-0.3, -0.25) is 4.79 Å². The van der Waals surface area contributed by atoms with E-state index in [0.29, 0.717) is 13.1 Å². The molecule has 2 fully saturated rings. The highest BCUT2D eigenvalue weighted by Gasteiger charge is 2.49. The number of likely N-dealkylation sites (tertiary alicyclic amines) is 1. The van der Waals surface area contributed by atoms with Gasteiger partial charge in [-0.25, -0.2) is 0 Å². The molecule has 4 heteroatoms. The fraction of sp³-hybridized carbons (Fsp3) is 0.650. The van der Waals surface area contributed by atoms with Crippen LogP contribution in [-0.4, -0.2) is 34.5 Å². The molecule has 1 heterocycles. The van der Waals surface area contributed by atoms with Gasteiger partial charge in [0.2, 0.25) is 0 Å². The topological polar surface area (TPSA) is 66.6 Å². The fourth-order valence-electron chi connectivity index (χ4n) is 4.32. The number of aliphatic hydroxyl groups is 1. The van der Waals surface area contributed by atoms with Crippen LogP contribution in [0.4, 0.5) is 0 Å². The number of carbonyl (C=O) groups excluding carboxylic acids is 1. The van der Waals surface area contributed by atoms with Crippen molar-refractivity contribution < 1.29 is 9.90 Å². The Morgan fingerprint density at radius 1 is 1.25 bits per heavy atom. The van der Waals surface area contributed by atoms with E-state index >= 15 is 0 Å². The van der Waals surface area contributed by atoms with Crippen LogP contribution in [0.3, 0.4) is 0 Å². The monoisotopic (exact) mass is 330 g/mol. The van der Waals surface area contributed by atoms with Gasteiger partial charge in [0.15, 0.2) is 5.60 Å². The number of piperidine rings is 1. The van der Waals surface area contributed by atoms with E-state index in [9.17, 15) is 9.90 Å². The summed E-state index contributed by atoms with van der Waals surface area (Å²) in [4.78, 5) is 15.2. The van der Waals surface area contributed by atoms with Crippen molar-refractivity contribution in [2.45, 2.75) is 63.0 Å². The van der Waals surface area contributed by atoms with E-state index in [2.05, 4.69) is 6.92 Å². The van der Waals surface area contributed by atoms with Gasteiger partial charge in [-0.2, -0.15) is 0 Å². The van der Waals surface area contributed by atoms with Crippen LogP contribution in [-0.2, 0) is 10.4 Å². The standard InChI is InChI=1S/C20H30N2O2/c1-2-19(21)12-14-22(15-13-19)18(23)20(24,17-10-6-7-11-17)16-8-4-3-5-9-16/h3-5,8-9,17,24H,2,6-7,10-15,21H2,1H3/t20-/m0/s1. The van der Waals surface area contributed by atoms with Crippen molar-refractivity contribution in [3.05, 3.63) is 35.9 Å². The molecule has 24 heavy (non-hydrogen) atoms. The van der Waals surface area contributed by atoms with Gasteiger partial charge in [0.05, 0.1) is 0 Å².